The van der Waals surface area contributed by atoms with Gasteiger partial charge in [0.1, 0.15) is 5.75 Å². The molecule has 0 aromatic carbocycles. The van der Waals surface area contributed by atoms with E-state index in [0.29, 0.717) is 17.8 Å². The molecule has 2 rings (SSSR count). The summed E-state index contributed by atoms with van der Waals surface area (Å²) in [6.45, 7) is 4.99. The minimum atomic E-state index is -0.115. The lowest BCUT2D eigenvalue weighted by Gasteiger charge is -2.11. The number of aliphatic hydroxyl groups is 1. The van der Waals surface area contributed by atoms with Crippen LogP contribution in [0.25, 0.3) is 0 Å². The molecule has 2 heterocycles. The summed E-state index contributed by atoms with van der Waals surface area (Å²) < 4.78 is 0. The van der Waals surface area contributed by atoms with Crippen molar-refractivity contribution in [2.75, 3.05) is 0 Å². The van der Waals surface area contributed by atoms with Crippen LogP contribution in [-0.4, -0.2) is 15.2 Å². The van der Waals surface area contributed by atoms with Gasteiger partial charge in [-0.15, -0.1) is 11.3 Å². The predicted molar refractivity (Wildman–Crippen MR) is 76.2 cm³/mol. The molecule has 2 aromatic heterocycles. The first-order valence-electron chi connectivity index (χ1n) is 6.15. The summed E-state index contributed by atoms with van der Waals surface area (Å²) in [5.41, 5.74) is 1.97. The smallest absolute Gasteiger partial charge is 0.141 e. The van der Waals surface area contributed by atoms with E-state index < -0.39 is 0 Å². The largest absolute Gasteiger partial charge is 0.506 e. The van der Waals surface area contributed by atoms with E-state index in [0.717, 1.165) is 12.1 Å². The van der Waals surface area contributed by atoms with Crippen molar-refractivity contribution >= 4 is 11.3 Å². The van der Waals surface area contributed by atoms with E-state index in [1.54, 1.807) is 24.5 Å². The Morgan fingerprint density at radius 3 is 2.68 bits per heavy atom. The maximum atomic E-state index is 10.00. The highest BCUT2D eigenvalue weighted by Gasteiger charge is 2.10. The molecule has 0 aliphatic rings. The topological polar surface area (TPSA) is 65.4 Å². The molecule has 0 radical (unpaired) electrons. The number of aliphatic hydroxyl groups excluding tert-OH is 1. The fourth-order valence-electron chi connectivity index (χ4n) is 1.91. The van der Waals surface area contributed by atoms with Gasteiger partial charge < -0.3 is 15.5 Å². The van der Waals surface area contributed by atoms with Gasteiger partial charge in [0.15, 0.2) is 0 Å². The second kappa shape index (κ2) is 6.14. The van der Waals surface area contributed by atoms with E-state index in [9.17, 15) is 10.2 Å². The fourth-order valence-corrected chi connectivity index (χ4v) is 2.77. The van der Waals surface area contributed by atoms with Crippen molar-refractivity contribution in [3.8, 4) is 5.75 Å². The normalized spacial score (nSPS) is 10.9. The molecule has 3 N–H and O–H groups in total. The van der Waals surface area contributed by atoms with Gasteiger partial charge in [0.25, 0.3) is 0 Å². The van der Waals surface area contributed by atoms with Crippen LogP contribution in [0.5, 0.6) is 5.75 Å². The lowest BCUT2D eigenvalue weighted by Crippen LogP contribution is -2.14. The standard InChI is InChI=1S/C14H18N2O2S/c1-9-3-4-12(19-9)6-15-7-13-11(8-17)5-16-10(2)14(13)18/h3-5,15,17-18H,6-8H2,1-2H3. The van der Waals surface area contributed by atoms with Crippen LogP contribution in [0.3, 0.4) is 0 Å². The SMILES string of the molecule is Cc1ccc(CNCc2c(CO)cnc(C)c2O)s1. The monoisotopic (exact) mass is 278 g/mol. The summed E-state index contributed by atoms with van der Waals surface area (Å²) >= 11 is 1.75. The van der Waals surface area contributed by atoms with Crippen molar-refractivity contribution in [1.29, 1.82) is 0 Å². The molecule has 19 heavy (non-hydrogen) atoms. The Bertz CT molecular complexity index is 567. The number of aromatic hydroxyl groups is 1. The molecule has 0 aliphatic carbocycles. The van der Waals surface area contributed by atoms with Crippen molar-refractivity contribution in [3.05, 3.63) is 44.9 Å². The van der Waals surface area contributed by atoms with Crippen molar-refractivity contribution < 1.29 is 10.2 Å². The van der Waals surface area contributed by atoms with Crippen LogP contribution in [0.4, 0.5) is 0 Å². The average Bonchev–Trinajstić information content (AvgIpc) is 2.80. The van der Waals surface area contributed by atoms with Crippen LogP contribution in [0, 0.1) is 13.8 Å². The van der Waals surface area contributed by atoms with Crippen molar-refractivity contribution in [3.63, 3.8) is 0 Å². The van der Waals surface area contributed by atoms with Gasteiger partial charge in [-0.3, -0.25) is 4.98 Å². The Kier molecular flexibility index (Phi) is 4.52. The molecule has 0 aliphatic heterocycles. The number of thiophene rings is 1. The lowest BCUT2D eigenvalue weighted by atomic mass is 10.1. The van der Waals surface area contributed by atoms with Gasteiger partial charge in [0, 0.05) is 40.2 Å². The molecular weight excluding hydrogens is 260 g/mol. The third-order valence-corrected chi connectivity index (χ3v) is 4.00. The van der Waals surface area contributed by atoms with Gasteiger partial charge in [0.05, 0.1) is 12.3 Å². The molecule has 4 nitrogen and oxygen atoms in total. The van der Waals surface area contributed by atoms with Crippen LogP contribution < -0.4 is 5.32 Å². The van der Waals surface area contributed by atoms with Gasteiger partial charge in [-0.25, -0.2) is 0 Å². The van der Waals surface area contributed by atoms with E-state index in [1.165, 1.54) is 9.75 Å². The molecule has 0 atom stereocenters. The third kappa shape index (κ3) is 3.32. The van der Waals surface area contributed by atoms with E-state index in [4.69, 9.17) is 0 Å². The summed E-state index contributed by atoms with van der Waals surface area (Å²) in [5.74, 6) is 0.168. The minimum Gasteiger partial charge on any atom is -0.506 e. The third-order valence-electron chi connectivity index (χ3n) is 3.00. The maximum absolute atomic E-state index is 10.00. The van der Waals surface area contributed by atoms with E-state index >= 15 is 0 Å². The first kappa shape index (κ1) is 14.0. The van der Waals surface area contributed by atoms with Crippen LogP contribution in [0.2, 0.25) is 0 Å². The number of rotatable bonds is 5. The predicted octanol–water partition coefficient (Wildman–Crippen LogP) is 2.25. The van der Waals surface area contributed by atoms with Gasteiger partial charge >= 0.3 is 0 Å². The molecule has 0 amide bonds. The van der Waals surface area contributed by atoms with Gasteiger partial charge in [-0.1, -0.05) is 0 Å². The number of aromatic nitrogens is 1. The zero-order valence-electron chi connectivity index (χ0n) is 11.1. The Hall–Kier alpha value is -1.43. The second-order valence-electron chi connectivity index (χ2n) is 4.47. The molecule has 5 heteroatoms. The average molecular weight is 278 g/mol. The maximum Gasteiger partial charge on any atom is 0.141 e. The second-order valence-corrected chi connectivity index (χ2v) is 5.84. The number of hydrogen-bond acceptors (Lipinski definition) is 5. The van der Waals surface area contributed by atoms with Gasteiger partial charge in [0.2, 0.25) is 0 Å². The Morgan fingerprint density at radius 1 is 1.26 bits per heavy atom. The number of hydrogen-bond donors (Lipinski definition) is 3. The Balaban J connectivity index is 2.04. The summed E-state index contributed by atoms with van der Waals surface area (Å²) in [5, 5.41) is 22.6. The fraction of sp³-hybridized carbons (Fsp3) is 0.357. The summed E-state index contributed by atoms with van der Waals surface area (Å²) in [6, 6.07) is 4.19. The molecule has 0 saturated carbocycles. The highest BCUT2D eigenvalue weighted by atomic mass is 32.1. The Morgan fingerprint density at radius 2 is 2.05 bits per heavy atom. The van der Waals surface area contributed by atoms with Crippen LogP contribution in [-0.2, 0) is 19.7 Å². The van der Waals surface area contributed by atoms with Crippen molar-refractivity contribution in [1.82, 2.24) is 10.3 Å². The molecular formula is C14H18N2O2S. The Labute approximate surface area is 116 Å². The molecule has 2 aromatic rings. The minimum absolute atomic E-state index is 0.115. The highest BCUT2D eigenvalue weighted by Crippen LogP contribution is 2.24. The quantitative estimate of drug-likeness (QED) is 0.785. The lowest BCUT2D eigenvalue weighted by molar-refractivity contribution is 0.278. The first-order chi connectivity index (χ1) is 9.11. The van der Waals surface area contributed by atoms with Crippen LogP contribution >= 0.6 is 11.3 Å². The summed E-state index contributed by atoms with van der Waals surface area (Å²) in [4.78, 5) is 6.59. The highest BCUT2D eigenvalue weighted by molar-refractivity contribution is 7.11. The van der Waals surface area contributed by atoms with Crippen LogP contribution in [0.15, 0.2) is 18.3 Å². The molecule has 0 bridgehead atoms. The molecule has 0 unspecified atom stereocenters. The summed E-state index contributed by atoms with van der Waals surface area (Å²) in [7, 11) is 0. The summed E-state index contributed by atoms with van der Waals surface area (Å²) in [6.07, 6.45) is 1.61. The molecule has 102 valence electrons. The van der Waals surface area contributed by atoms with E-state index in [1.807, 2.05) is 0 Å². The van der Waals surface area contributed by atoms with Gasteiger partial charge in [-0.2, -0.15) is 0 Å². The molecule has 0 spiro atoms. The van der Waals surface area contributed by atoms with Crippen molar-refractivity contribution in [2.45, 2.75) is 33.5 Å². The molecule has 0 saturated heterocycles. The van der Waals surface area contributed by atoms with Crippen molar-refractivity contribution in [2.24, 2.45) is 0 Å². The number of nitrogens with one attached hydrogen (secondary N) is 1. The number of pyridine rings is 1. The van der Waals surface area contributed by atoms with Crippen LogP contribution in [0.1, 0.15) is 26.6 Å². The number of nitrogens with zero attached hydrogens (tertiary/aromatic N) is 1. The molecule has 0 fully saturated rings. The zero-order valence-corrected chi connectivity index (χ0v) is 11.9. The van der Waals surface area contributed by atoms with E-state index in [2.05, 4.69) is 29.4 Å². The first-order valence-corrected chi connectivity index (χ1v) is 6.96. The van der Waals surface area contributed by atoms with E-state index in [-0.39, 0.29) is 12.4 Å². The number of aryl methyl sites for hydroxylation is 2. The zero-order chi connectivity index (χ0) is 13.8. The van der Waals surface area contributed by atoms with Gasteiger partial charge in [-0.05, 0) is 26.0 Å².